The van der Waals surface area contributed by atoms with E-state index in [0.717, 1.165) is 5.56 Å². The second-order valence-electron chi connectivity index (χ2n) is 6.62. The summed E-state index contributed by atoms with van der Waals surface area (Å²) >= 11 is 5.91. The Balaban J connectivity index is 1.75. The van der Waals surface area contributed by atoms with Crippen molar-refractivity contribution < 1.29 is 13.2 Å². The normalized spacial score (nSPS) is 18.0. The van der Waals surface area contributed by atoms with E-state index in [4.69, 9.17) is 11.6 Å². The summed E-state index contributed by atoms with van der Waals surface area (Å²) in [6.07, 6.45) is 1.58. The monoisotopic (exact) mass is 404 g/mol. The van der Waals surface area contributed by atoms with Crippen LogP contribution in [0.3, 0.4) is 0 Å². The van der Waals surface area contributed by atoms with Gasteiger partial charge in [-0.05, 0) is 43.0 Å². The third-order valence-corrected chi connectivity index (χ3v) is 5.95. The lowest BCUT2D eigenvalue weighted by molar-refractivity contribution is -0.119. The zero-order valence-electron chi connectivity index (χ0n) is 15.0. The van der Waals surface area contributed by atoms with Gasteiger partial charge in [-0.1, -0.05) is 41.9 Å². The minimum atomic E-state index is -3.26. The standard InChI is InChI=1S/C20H21ClN2O3S/c1-22(13-16-7-9-17(21)10-8-16)14-20(24)23(18-5-3-2-4-6-18)19-11-12-27(25,26)15-19/h2-12,19H,13-15H2,1H3/t19-/m0/s1. The molecule has 0 saturated heterocycles. The molecule has 2 aromatic rings. The van der Waals surface area contributed by atoms with Gasteiger partial charge in [-0.15, -0.1) is 0 Å². The molecular weight excluding hydrogens is 384 g/mol. The molecule has 2 aromatic carbocycles. The smallest absolute Gasteiger partial charge is 0.241 e. The van der Waals surface area contributed by atoms with Crippen LogP contribution in [0.1, 0.15) is 5.56 Å². The molecule has 0 aromatic heterocycles. The SMILES string of the molecule is CN(CC(=O)N(c1ccccc1)[C@H]1C=CS(=O)(=O)C1)Cc1ccc(Cl)cc1. The summed E-state index contributed by atoms with van der Waals surface area (Å²) in [7, 11) is -1.41. The topological polar surface area (TPSA) is 57.7 Å². The van der Waals surface area contributed by atoms with Crippen LogP contribution >= 0.6 is 11.6 Å². The number of benzene rings is 2. The Morgan fingerprint density at radius 1 is 1.11 bits per heavy atom. The molecule has 0 spiro atoms. The van der Waals surface area contributed by atoms with E-state index in [1.54, 1.807) is 11.0 Å². The first-order chi connectivity index (χ1) is 12.8. The lowest BCUT2D eigenvalue weighted by Crippen LogP contribution is -2.45. The fraction of sp³-hybridized carbons (Fsp3) is 0.250. The summed E-state index contributed by atoms with van der Waals surface area (Å²) in [4.78, 5) is 16.5. The van der Waals surface area contributed by atoms with Gasteiger partial charge < -0.3 is 4.90 Å². The summed E-state index contributed by atoms with van der Waals surface area (Å²) in [6.45, 7) is 0.756. The molecule has 1 aliphatic heterocycles. The Hall–Kier alpha value is -2.15. The number of likely N-dealkylation sites (N-methyl/N-ethyl adjacent to an activating group) is 1. The fourth-order valence-corrected chi connectivity index (χ4v) is 4.49. The first-order valence-electron chi connectivity index (χ1n) is 8.55. The number of carbonyl (C=O) groups is 1. The number of sulfone groups is 1. The third kappa shape index (κ3) is 5.19. The molecule has 0 N–H and O–H groups in total. The quantitative estimate of drug-likeness (QED) is 0.742. The number of halogens is 1. The molecular formula is C20H21ClN2O3S. The van der Waals surface area contributed by atoms with Crippen LogP contribution < -0.4 is 4.90 Å². The minimum Gasteiger partial charge on any atom is -0.303 e. The molecule has 0 aliphatic carbocycles. The molecule has 0 unspecified atom stereocenters. The number of anilines is 1. The van der Waals surface area contributed by atoms with E-state index < -0.39 is 15.9 Å². The number of rotatable bonds is 6. The predicted octanol–water partition coefficient (Wildman–Crippen LogP) is 3.12. The maximum atomic E-state index is 13.0. The summed E-state index contributed by atoms with van der Waals surface area (Å²) in [6, 6.07) is 16.1. The van der Waals surface area contributed by atoms with Crippen molar-refractivity contribution in [3.63, 3.8) is 0 Å². The molecule has 1 amide bonds. The summed E-state index contributed by atoms with van der Waals surface area (Å²) in [5, 5.41) is 1.86. The number of nitrogens with zero attached hydrogens (tertiary/aromatic N) is 2. The van der Waals surface area contributed by atoms with Crippen LogP contribution in [0.25, 0.3) is 0 Å². The molecule has 5 nitrogen and oxygen atoms in total. The predicted molar refractivity (Wildman–Crippen MR) is 108 cm³/mol. The van der Waals surface area contributed by atoms with Crippen molar-refractivity contribution in [1.82, 2.24) is 4.90 Å². The van der Waals surface area contributed by atoms with Gasteiger partial charge in [0.05, 0.1) is 18.3 Å². The number of hydrogen-bond acceptors (Lipinski definition) is 4. The van der Waals surface area contributed by atoms with Crippen LogP contribution in [0.2, 0.25) is 5.02 Å². The molecule has 0 radical (unpaired) electrons. The van der Waals surface area contributed by atoms with Crippen molar-refractivity contribution in [2.24, 2.45) is 0 Å². The summed E-state index contributed by atoms with van der Waals surface area (Å²) < 4.78 is 23.7. The van der Waals surface area contributed by atoms with Gasteiger partial charge in [-0.25, -0.2) is 8.42 Å². The van der Waals surface area contributed by atoms with E-state index in [0.29, 0.717) is 17.3 Å². The Bertz CT molecular complexity index is 927. The lowest BCUT2D eigenvalue weighted by atomic mass is 10.2. The zero-order valence-corrected chi connectivity index (χ0v) is 16.5. The number of para-hydroxylation sites is 1. The van der Waals surface area contributed by atoms with Crippen molar-refractivity contribution in [2.75, 3.05) is 24.2 Å². The highest BCUT2D eigenvalue weighted by molar-refractivity contribution is 7.94. The molecule has 142 valence electrons. The van der Waals surface area contributed by atoms with Gasteiger partial charge in [0.1, 0.15) is 0 Å². The average molecular weight is 405 g/mol. The Kier molecular flexibility index (Phi) is 5.99. The van der Waals surface area contributed by atoms with Crippen LogP contribution in [0.15, 0.2) is 66.1 Å². The van der Waals surface area contributed by atoms with Crippen LogP contribution in [0.4, 0.5) is 5.69 Å². The molecule has 0 bridgehead atoms. The first kappa shape index (κ1) is 19.6. The zero-order chi connectivity index (χ0) is 19.4. The maximum Gasteiger partial charge on any atom is 0.241 e. The summed E-state index contributed by atoms with van der Waals surface area (Å²) in [5.74, 6) is -0.237. The second-order valence-corrected chi connectivity index (χ2v) is 8.99. The van der Waals surface area contributed by atoms with Gasteiger partial charge in [0.25, 0.3) is 0 Å². The second kappa shape index (κ2) is 8.25. The minimum absolute atomic E-state index is 0.0888. The van der Waals surface area contributed by atoms with Crippen molar-refractivity contribution >= 4 is 33.0 Å². The fourth-order valence-electron chi connectivity index (χ4n) is 3.09. The number of hydrogen-bond donors (Lipinski definition) is 0. The molecule has 1 aliphatic rings. The number of amides is 1. The van der Waals surface area contributed by atoms with E-state index in [-0.39, 0.29) is 18.2 Å². The molecule has 1 heterocycles. The third-order valence-electron chi connectivity index (χ3n) is 4.32. The molecule has 3 rings (SSSR count). The van der Waals surface area contributed by atoms with Gasteiger partial charge in [-0.3, -0.25) is 9.69 Å². The highest BCUT2D eigenvalue weighted by Gasteiger charge is 2.31. The van der Waals surface area contributed by atoms with E-state index >= 15 is 0 Å². The van der Waals surface area contributed by atoms with Gasteiger partial charge in [0.15, 0.2) is 9.84 Å². The Morgan fingerprint density at radius 2 is 1.78 bits per heavy atom. The molecule has 7 heteroatoms. The van der Waals surface area contributed by atoms with Crippen molar-refractivity contribution in [3.05, 3.63) is 76.7 Å². The van der Waals surface area contributed by atoms with Gasteiger partial charge >= 0.3 is 0 Å². The highest BCUT2D eigenvalue weighted by atomic mass is 35.5. The van der Waals surface area contributed by atoms with Gasteiger partial charge in [-0.2, -0.15) is 0 Å². The van der Waals surface area contributed by atoms with Crippen molar-refractivity contribution in [2.45, 2.75) is 12.6 Å². The highest BCUT2D eigenvalue weighted by Crippen LogP contribution is 2.23. The maximum absolute atomic E-state index is 13.0. The van der Waals surface area contributed by atoms with Crippen LogP contribution in [-0.2, 0) is 21.2 Å². The first-order valence-corrected chi connectivity index (χ1v) is 10.6. The molecule has 27 heavy (non-hydrogen) atoms. The van der Waals surface area contributed by atoms with E-state index in [1.807, 2.05) is 66.5 Å². The van der Waals surface area contributed by atoms with E-state index in [9.17, 15) is 13.2 Å². The Labute approximate surface area is 164 Å². The largest absolute Gasteiger partial charge is 0.303 e. The van der Waals surface area contributed by atoms with Crippen LogP contribution in [0, 0.1) is 0 Å². The Morgan fingerprint density at radius 3 is 2.37 bits per heavy atom. The van der Waals surface area contributed by atoms with Crippen molar-refractivity contribution in [3.8, 4) is 0 Å². The lowest BCUT2D eigenvalue weighted by Gasteiger charge is -2.29. The summed E-state index contributed by atoms with van der Waals surface area (Å²) in [5.41, 5.74) is 1.73. The molecule has 1 atom stereocenters. The molecule has 0 fully saturated rings. The van der Waals surface area contributed by atoms with E-state index in [1.165, 1.54) is 5.41 Å². The average Bonchev–Trinajstić information content (AvgIpc) is 2.97. The van der Waals surface area contributed by atoms with Crippen LogP contribution in [-0.4, -0.2) is 44.6 Å². The molecule has 0 saturated carbocycles. The number of carbonyl (C=O) groups excluding carboxylic acids is 1. The van der Waals surface area contributed by atoms with Gasteiger partial charge in [0.2, 0.25) is 5.91 Å². The van der Waals surface area contributed by atoms with Crippen molar-refractivity contribution in [1.29, 1.82) is 0 Å². The van der Waals surface area contributed by atoms with E-state index in [2.05, 4.69) is 0 Å². The van der Waals surface area contributed by atoms with Gasteiger partial charge in [0, 0.05) is 22.7 Å². The van der Waals surface area contributed by atoms with Crippen LogP contribution in [0.5, 0.6) is 0 Å².